The van der Waals surface area contributed by atoms with Crippen LogP contribution >= 0.6 is 11.3 Å². The molecule has 3 nitrogen and oxygen atoms in total. The monoisotopic (exact) mass is 292 g/mol. The number of anilines is 1. The van der Waals surface area contributed by atoms with Gasteiger partial charge in [0.1, 0.15) is 5.69 Å². The van der Waals surface area contributed by atoms with Gasteiger partial charge in [-0.2, -0.15) is 0 Å². The molecule has 3 aromatic rings. The van der Waals surface area contributed by atoms with Crippen molar-refractivity contribution in [1.82, 2.24) is 4.98 Å². The molecular formula is C17H12N2OS. The molecule has 1 aromatic heterocycles. The number of nitrogens with one attached hydrogen (secondary N) is 1. The fourth-order valence-electron chi connectivity index (χ4n) is 2.74. The van der Waals surface area contributed by atoms with Crippen molar-refractivity contribution in [1.29, 1.82) is 0 Å². The van der Waals surface area contributed by atoms with E-state index in [1.54, 1.807) is 10.9 Å². The molecule has 4 rings (SSSR count). The molecule has 102 valence electrons. The summed E-state index contributed by atoms with van der Waals surface area (Å²) < 4.78 is 0. The van der Waals surface area contributed by atoms with Crippen LogP contribution in [0, 0.1) is 0 Å². The van der Waals surface area contributed by atoms with Gasteiger partial charge in [0, 0.05) is 11.1 Å². The summed E-state index contributed by atoms with van der Waals surface area (Å²) in [6, 6.07) is 14.5. The molecule has 0 atom stereocenters. The standard InChI is InChI=1S/C17H12N2OS/c20-17(16-9-21-10-18-16)19-13-5-6-15-12(8-13)7-11-3-1-2-4-14(11)15/h1-6,8-10H,7H2,(H,19,20). The Bertz CT molecular complexity index is 825. The van der Waals surface area contributed by atoms with Gasteiger partial charge in [-0.05, 0) is 40.8 Å². The molecule has 0 aliphatic heterocycles. The van der Waals surface area contributed by atoms with E-state index in [1.165, 1.54) is 33.6 Å². The maximum absolute atomic E-state index is 12.0. The molecular weight excluding hydrogens is 280 g/mol. The van der Waals surface area contributed by atoms with Gasteiger partial charge in [-0.3, -0.25) is 4.79 Å². The van der Waals surface area contributed by atoms with E-state index in [2.05, 4.69) is 46.7 Å². The molecule has 0 unspecified atom stereocenters. The maximum Gasteiger partial charge on any atom is 0.275 e. The first-order valence-electron chi connectivity index (χ1n) is 6.72. The summed E-state index contributed by atoms with van der Waals surface area (Å²) in [5.74, 6) is -0.160. The van der Waals surface area contributed by atoms with Gasteiger partial charge in [0.25, 0.3) is 5.91 Å². The number of benzene rings is 2. The van der Waals surface area contributed by atoms with Crippen LogP contribution in [0.2, 0.25) is 0 Å². The molecule has 0 bridgehead atoms. The quantitative estimate of drug-likeness (QED) is 0.607. The zero-order valence-electron chi connectivity index (χ0n) is 11.2. The molecule has 1 aliphatic carbocycles. The number of hydrogen-bond acceptors (Lipinski definition) is 3. The third-order valence-electron chi connectivity index (χ3n) is 3.72. The minimum atomic E-state index is -0.160. The lowest BCUT2D eigenvalue weighted by molar-refractivity contribution is 0.102. The van der Waals surface area contributed by atoms with Crippen molar-refractivity contribution in [3.8, 4) is 11.1 Å². The summed E-state index contributed by atoms with van der Waals surface area (Å²) in [4.78, 5) is 16.1. The Hall–Kier alpha value is -2.46. The predicted octanol–water partition coefficient (Wildman–Crippen LogP) is 3.97. The van der Waals surface area contributed by atoms with Gasteiger partial charge in [0.15, 0.2) is 0 Å². The van der Waals surface area contributed by atoms with Crippen molar-refractivity contribution in [3.63, 3.8) is 0 Å². The molecule has 2 aromatic carbocycles. The normalized spacial score (nSPS) is 11.8. The van der Waals surface area contributed by atoms with E-state index in [4.69, 9.17) is 0 Å². The van der Waals surface area contributed by atoms with Crippen LogP contribution in [-0.2, 0) is 6.42 Å². The third-order valence-corrected chi connectivity index (χ3v) is 4.30. The Kier molecular flexibility index (Phi) is 2.82. The summed E-state index contributed by atoms with van der Waals surface area (Å²) in [6.45, 7) is 0. The van der Waals surface area contributed by atoms with E-state index in [9.17, 15) is 4.79 Å². The number of thiazole rings is 1. The Morgan fingerprint density at radius 3 is 2.81 bits per heavy atom. The summed E-state index contributed by atoms with van der Waals surface area (Å²) in [6.07, 6.45) is 0.923. The first kappa shape index (κ1) is 12.3. The van der Waals surface area contributed by atoms with Crippen molar-refractivity contribution in [2.45, 2.75) is 6.42 Å². The summed E-state index contributed by atoms with van der Waals surface area (Å²) in [5.41, 5.74) is 8.10. The Balaban J connectivity index is 1.63. The summed E-state index contributed by atoms with van der Waals surface area (Å²) in [7, 11) is 0. The summed E-state index contributed by atoms with van der Waals surface area (Å²) in [5, 5.41) is 4.65. The van der Waals surface area contributed by atoms with E-state index in [0.717, 1.165) is 12.1 Å². The number of amides is 1. The smallest absolute Gasteiger partial charge is 0.275 e. The average Bonchev–Trinajstić information content (AvgIpc) is 3.14. The maximum atomic E-state index is 12.0. The fourth-order valence-corrected chi connectivity index (χ4v) is 3.27. The Labute approximate surface area is 126 Å². The van der Waals surface area contributed by atoms with Crippen LogP contribution < -0.4 is 5.32 Å². The van der Waals surface area contributed by atoms with E-state index < -0.39 is 0 Å². The molecule has 1 heterocycles. The third kappa shape index (κ3) is 2.14. The van der Waals surface area contributed by atoms with E-state index in [1.807, 2.05) is 6.07 Å². The molecule has 1 aliphatic rings. The van der Waals surface area contributed by atoms with Crippen LogP contribution in [0.1, 0.15) is 21.6 Å². The Morgan fingerprint density at radius 2 is 1.95 bits per heavy atom. The van der Waals surface area contributed by atoms with Gasteiger partial charge in [-0.25, -0.2) is 4.98 Å². The van der Waals surface area contributed by atoms with E-state index in [0.29, 0.717) is 5.69 Å². The fraction of sp³-hybridized carbons (Fsp3) is 0.0588. The van der Waals surface area contributed by atoms with Gasteiger partial charge in [0.2, 0.25) is 0 Å². The number of nitrogens with zero attached hydrogens (tertiary/aromatic N) is 1. The first-order chi connectivity index (χ1) is 10.3. The van der Waals surface area contributed by atoms with Gasteiger partial charge in [-0.15, -0.1) is 11.3 Å². The van der Waals surface area contributed by atoms with Crippen LogP contribution in [0.5, 0.6) is 0 Å². The van der Waals surface area contributed by atoms with Crippen LogP contribution in [-0.4, -0.2) is 10.9 Å². The zero-order valence-corrected chi connectivity index (χ0v) is 12.0. The largest absolute Gasteiger partial charge is 0.321 e. The SMILES string of the molecule is O=C(Nc1ccc2c(c1)Cc1ccccc1-2)c1cscn1. The molecule has 0 saturated carbocycles. The lowest BCUT2D eigenvalue weighted by Gasteiger charge is -2.06. The number of carbonyl (C=O) groups excluding carboxylic acids is 1. The van der Waals surface area contributed by atoms with E-state index in [-0.39, 0.29) is 5.91 Å². The van der Waals surface area contributed by atoms with Crippen LogP contribution in [0.15, 0.2) is 53.4 Å². The van der Waals surface area contributed by atoms with Gasteiger partial charge in [-0.1, -0.05) is 30.3 Å². The number of carbonyl (C=O) groups is 1. The zero-order chi connectivity index (χ0) is 14.2. The van der Waals surface area contributed by atoms with Crippen molar-refractivity contribution in [3.05, 3.63) is 70.2 Å². The first-order valence-corrected chi connectivity index (χ1v) is 7.66. The van der Waals surface area contributed by atoms with Crippen molar-refractivity contribution >= 4 is 22.9 Å². The van der Waals surface area contributed by atoms with Crippen molar-refractivity contribution in [2.24, 2.45) is 0 Å². The molecule has 0 spiro atoms. The lowest BCUT2D eigenvalue weighted by Crippen LogP contribution is -2.12. The highest BCUT2D eigenvalue weighted by molar-refractivity contribution is 7.07. The van der Waals surface area contributed by atoms with E-state index >= 15 is 0 Å². The molecule has 1 amide bonds. The van der Waals surface area contributed by atoms with Gasteiger partial charge < -0.3 is 5.32 Å². The molecule has 1 N–H and O–H groups in total. The molecule has 0 fully saturated rings. The van der Waals surface area contributed by atoms with Crippen LogP contribution in [0.25, 0.3) is 11.1 Å². The highest BCUT2D eigenvalue weighted by atomic mass is 32.1. The second-order valence-electron chi connectivity index (χ2n) is 5.03. The predicted molar refractivity (Wildman–Crippen MR) is 84.8 cm³/mol. The summed E-state index contributed by atoms with van der Waals surface area (Å²) >= 11 is 1.42. The van der Waals surface area contributed by atoms with Crippen LogP contribution in [0.3, 0.4) is 0 Å². The van der Waals surface area contributed by atoms with Crippen molar-refractivity contribution in [2.75, 3.05) is 5.32 Å². The number of hydrogen-bond donors (Lipinski definition) is 1. The Morgan fingerprint density at radius 1 is 1.10 bits per heavy atom. The van der Waals surface area contributed by atoms with Gasteiger partial charge in [0.05, 0.1) is 5.51 Å². The molecule has 21 heavy (non-hydrogen) atoms. The topological polar surface area (TPSA) is 42.0 Å². The van der Waals surface area contributed by atoms with Gasteiger partial charge >= 0.3 is 0 Å². The highest BCUT2D eigenvalue weighted by Crippen LogP contribution is 2.37. The van der Waals surface area contributed by atoms with Crippen LogP contribution in [0.4, 0.5) is 5.69 Å². The average molecular weight is 292 g/mol. The minimum absolute atomic E-state index is 0.160. The number of aromatic nitrogens is 1. The second kappa shape index (κ2) is 4.82. The minimum Gasteiger partial charge on any atom is -0.321 e. The number of rotatable bonds is 2. The molecule has 0 radical (unpaired) electrons. The lowest BCUT2D eigenvalue weighted by atomic mass is 10.1. The molecule has 0 saturated heterocycles. The number of fused-ring (bicyclic) bond motifs is 3. The highest BCUT2D eigenvalue weighted by Gasteiger charge is 2.18. The van der Waals surface area contributed by atoms with Crippen molar-refractivity contribution < 1.29 is 4.79 Å². The second-order valence-corrected chi connectivity index (χ2v) is 5.75. The molecule has 4 heteroatoms.